The lowest BCUT2D eigenvalue weighted by Crippen LogP contribution is -2.31. The Kier molecular flexibility index (Phi) is 6.56. The Balaban J connectivity index is 1.91. The van der Waals surface area contributed by atoms with Crippen molar-refractivity contribution in [1.29, 1.82) is 0 Å². The maximum absolute atomic E-state index is 12.8. The predicted molar refractivity (Wildman–Crippen MR) is 109 cm³/mol. The second-order valence-electron chi connectivity index (χ2n) is 6.76. The highest BCUT2D eigenvalue weighted by Gasteiger charge is 2.20. The monoisotopic (exact) mass is 396 g/mol. The first-order valence-electron chi connectivity index (χ1n) is 9.37. The van der Waals surface area contributed by atoms with Crippen molar-refractivity contribution in [3.05, 3.63) is 48.2 Å². The average molecular weight is 396 g/mol. The number of benzene rings is 1. The van der Waals surface area contributed by atoms with Gasteiger partial charge < -0.3 is 14.8 Å². The minimum Gasteiger partial charge on any atom is -0.452 e. The standard InChI is InChI=1S/C21H24N4O4/c1-14(2)25-20-17(12-23-25)16(11-18(24-20)15-7-5-4-6-8-15)21(27)29-13-19(26)22-9-10-28-3/h4-8,11-12,14H,9-10,13H2,1-3H3,(H,22,26). The molecular weight excluding hydrogens is 372 g/mol. The Morgan fingerprint density at radius 3 is 2.66 bits per heavy atom. The van der Waals surface area contributed by atoms with Crippen LogP contribution in [0.3, 0.4) is 0 Å². The van der Waals surface area contributed by atoms with E-state index in [2.05, 4.69) is 10.4 Å². The molecule has 3 aromatic rings. The third-order valence-corrected chi connectivity index (χ3v) is 4.31. The SMILES string of the molecule is COCCNC(=O)COC(=O)c1cc(-c2ccccc2)nc2c1cnn2C(C)C. The molecule has 8 nitrogen and oxygen atoms in total. The van der Waals surface area contributed by atoms with Crippen molar-refractivity contribution in [2.24, 2.45) is 0 Å². The summed E-state index contributed by atoms with van der Waals surface area (Å²) in [6.45, 7) is 4.36. The van der Waals surface area contributed by atoms with Gasteiger partial charge in [0.1, 0.15) is 0 Å². The Bertz CT molecular complexity index is 999. The molecule has 2 aromatic heterocycles. The fraction of sp³-hybridized carbons (Fsp3) is 0.333. The number of methoxy groups -OCH3 is 1. The zero-order chi connectivity index (χ0) is 20.8. The third kappa shape index (κ3) is 4.78. The van der Waals surface area contributed by atoms with E-state index in [1.807, 2.05) is 44.2 Å². The number of pyridine rings is 1. The summed E-state index contributed by atoms with van der Waals surface area (Å²) in [6.07, 6.45) is 1.60. The Labute approximate surface area is 168 Å². The van der Waals surface area contributed by atoms with Crippen molar-refractivity contribution in [2.75, 3.05) is 26.9 Å². The van der Waals surface area contributed by atoms with Crippen LogP contribution in [0.5, 0.6) is 0 Å². The van der Waals surface area contributed by atoms with Gasteiger partial charge in [-0.3, -0.25) is 4.79 Å². The van der Waals surface area contributed by atoms with Gasteiger partial charge in [-0.05, 0) is 19.9 Å². The first-order valence-corrected chi connectivity index (χ1v) is 9.37. The van der Waals surface area contributed by atoms with E-state index in [4.69, 9.17) is 14.5 Å². The van der Waals surface area contributed by atoms with E-state index in [1.165, 1.54) is 0 Å². The van der Waals surface area contributed by atoms with Crippen LogP contribution in [0, 0.1) is 0 Å². The summed E-state index contributed by atoms with van der Waals surface area (Å²) in [7, 11) is 1.54. The van der Waals surface area contributed by atoms with Crippen LogP contribution in [-0.4, -0.2) is 53.5 Å². The first kappa shape index (κ1) is 20.5. The molecule has 1 N–H and O–H groups in total. The van der Waals surface area contributed by atoms with Crippen LogP contribution in [0.4, 0.5) is 0 Å². The van der Waals surface area contributed by atoms with E-state index in [0.717, 1.165) is 5.56 Å². The lowest BCUT2D eigenvalue weighted by molar-refractivity contribution is -0.124. The Morgan fingerprint density at radius 1 is 1.21 bits per heavy atom. The van der Waals surface area contributed by atoms with E-state index >= 15 is 0 Å². The molecule has 152 valence electrons. The molecule has 1 amide bonds. The number of nitrogens with one attached hydrogen (secondary N) is 1. The van der Waals surface area contributed by atoms with E-state index in [9.17, 15) is 9.59 Å². The van der Waals surface area contributed by atoms with Crippen molar-refractivity contribution >= 4 is 22.9 Å². The molecule has 2 heterocycles. The molecule has 0 fully saturated rings. The number of amides is 1. The molecule has 0 spiro atoms. The molecule has 0 aliphatic rings. The zero-order valence-corrected chi connectivity index (χ0v) is 16.7. The number of ether oxygens (including phenoxy) is 2. The quantitative estimate of drug-likeness (QED) is 0.464. The molecule has 0 aliphatic heterocycles. The van der Waals surface area contributed by atoms with Crippen LogP contribution >= 0.6 is 0 Å². The molecule has 1 aromatic carbocycles. The van der Waals surface area contributed by atoms with Gasteiger partial charge in [-0.1, -0.05) is 30.3 Å². The highest BCUT2D eigenvalue weighted by atomic mass is 16.5. The Hall–Kier alpha value is -3.26. The molecule has 8 heteroatoms. The molecule has 0 radical (unpaired) electrons. The normalized spacial score (nSPS) is 11.0. The van der Waals surface area contributed by atoms with E-state index in [0.29, 0.717) is 35.4 Å². The van der Waals surface area contributed by atoms with Gasteiger partial charge in [-0.25, -0.2) is 14.5 Å². The maximum Gasteiger partial charge on any atom is 0.339 e. The number of rotatable bonds is 8. The fourth-order valence-corrected chi connectivity index (χ4v) is 2.87. The van der Waals surface area contributed by atoms with Gasteiger partial charge in [0.2, 0.25) is 0 Å². The fourth-order valence-electron chi connectivity index (χ4n) is 2.87. The first-order chi connectivity index (χ1) is 14.0. The molecule has 0 saturated carbocycles. The lowest BCUT2D eigenvalue weighted by Gasteiger charge is -2.11. The Morgan fingerprint density at radius 2 is 1.97 bits per heavy atom. The number of fused-ring (bicyclic) bond motifs is 1. The van der Waals surface area contributed by atoms with Gasteiger partial charge in [-0.15, -0.1) is 0 Å². The maximum atomic E-state index is 12.8. The minimum absolute atomic E-state index is 0.0708. The van der Waals surface area contributed by atoms with Crippen LogP contribution in [-0.2, 0) is 14.3 Å². The number of hydrogen-bond donors (Lipinski definition) is 1. The lowest BCUT2D eigenvalue weighted by atomic mass is 10.1. The minimum atomic E-state index is -0.597. The van der Waals surface area contributed by atoms with Gasteiger partial charge in [0.05, 0.1) is 29.4 Å². The number of carbonyl (C=O) groups is 2. The smallest absolute Gasteiger partial charge is 0.339 e. The van der Waals surface area contributed by atoms with Crippen molar-refractivity contribution in [2.45, 2.75) is 19.9 Å². The van der Waals surface area contributed by atoms with Gasteiger partial charge in [0.15, 0.2) is 12.3 Å². The molecule has 0 aliphatic carbocycles. The van der Waals surface area contributed by atoms with Crippen molar-refractivity contribution in [3.63, 3.8) is 0 Å². The highest BCUT2D eigenvalue weighted by molar-refractivity contribution is 6.04. The summed E-state index contributed by atoms with van der Waals surface area (Å²) in [4.78, 5) is 29.3. The van der Waals surface area contributed by atoms with Gasteiger partial charge in [0.25, 0.3) is 5.91 Å². The molecule has 0 unspecified atom stereocenters. The number of hydrogen-bond acceptors (Lipinski definition) is 6. The molecule has 0 saturated heterocycles. The number of carbonyl (C=O) groups excluding carboxylic acids is 2. The molecule has 3 rings (SSSR count). The highest BCUT2D eigenvalue weighted by Crippen LogP contribution is 2.26. The molecule has 0 atom stereocenters. The number of aromatic nitrogens is 3. The molecular formula is C21H24N4O4. The van der Waals surface area contributed by atoms with Crippen molar-refractivity contribution in [3.8, 4) is 11.3 Å². The topological polar surface area (TPSA) is 95.3 Å². The summed E-state index contributed by atoms with van der Waals surface area (Å²) in [5, 5.41) is 7.57. The summed E-state index contributed by atoms with van der Waals surface area (Å²) >= 11 is 0. The van der Waals surface area contributed by atoms with Gasteiger partial charge in [0, 0.05) is 25.3 Å². The van der Waals surface area contributed by atoms with Crippen molar-refractivity contribution < 1.29 is 19.1 Å². The predicted octanol–water partition coefficient (Wildman–Crippen LogP) is 2.60. The second-order valence-corrected chi connectivity index (χ2v) is 6.76. The summed E-state index contributed by atoms with van der Waals surface area (Å²) in [6, 6.07) is 11.3. The molecule has 0 bridgehead atoms. The summed E-state index contributed by atoms with van der Waals surface area (Å²) in [5.74, 6) is -0.985. The van der Waals surface area contributed by atoms with Gasteiger partial charge >= 0.3 is 5.97 Å². The van der Waals surface area contributed by atoms with E-state index in [1.54, 1.807) is 24.1 Å². The van der Waals surface area contributed by atoms with E-state index in [-0.39, 0.29) is 18.6 Å². The number of nitrogens with zero attached hydrogens (tertiary/aromatic N) is 3. The number of esters is 1. The van der Waals surface area contributed by atoms with Crippen molar-refractivity contribution in [1.82, 2.24) is 20.1 Å². The largest absolute Gasteiger partial charge is 0.452 e. The molecule has 29 heavy (non-hydrogen) atoms. The van der Waals surface area contributed by atoms with Crippen LogP contribution in [0.25, 0.3) is 22.3 Å². The van der Waals surface area contributed by atoms with E-state index < -0.39 is 5.97 Å². The summed E-state index contributed by atoms with van der Waals surface area (Å²) in [5.41, 5.74) is 2.43. The second kappa shape index (κ2) is 9.29. The van der Waals surface area contributed by atoms with Crippen LogP contribution in [0.1, 0.15) is 30.2 Å². The van der Waals surface area contributed by atoms with Crippen LogP contribution < -0.4 is 5.32 Å². The third-order valence-electron chi connectivity index (χ3n) is 4.31. The van der Waals surface area contributed by atoms with Gasteiger partial charge in [-0.2, -0.15) is 5.10 Å². The van der Waals surface area contributed by atoms with Crippen LogP contribution in [0.2, 0.25) is 0 Å². The van der Waals surface area contributed by atoms with Crippen LogP contribution in [0.15, 0.2) is 42.6 Å². The average Bonchev–Trinajstić information content (AvgIpc) is 3.16. The zero-order valence-electron chi connectivity index (χ0n) is 16.7. The summed E-state index contributed by atoms with van der Waals surface area (Å²) < 4.78 is 11.9.